The first-order valence-electron chi connectivity index (χ1n) is 22.3. The lowest BCUT2D eigenvalue weighted by Gasteiger charge is -2.38. The Labute approximate surface area is 432 Å². The lowest BCUT2D eigenvalue weighted by atomic mass is 9.84. The normalized spacial score (nSPS) is 15.9. The van der Waals surface area contributed by atoms with E-state index in [0.717, 1.165) is 46.4 Å². The maximum Gasteiger partial charge on any atom is 0.373 e. The van der Waals surface area contributed by atoms with E-state index in [1.165, 1.54) is 17.0 Å². The van der Waals surface area contributed by atoms with Crippen LogP contribution in [0.3, 0.4) is 0 Å². The fourth-order valence-corrected chi connectivity index (χ4v) is 9.01. The predicted molar refractivity (Wildman–Crippen MR) is 273 cm³/mol. The molecule has 1 aromatic heterocycles. The Bertz CT molecular complexity index is 3010. The molecule has 0 bridgehead atoms. The number of fused-ring (bicyclic) bond motifs is 2. The van der Waals surface area contributed by atoms with Crippen molar-refractivity contribution in [3.05, 3.63) is 146 Å². The Balaban J connectivity index is 0.000000231. The van der Waals surface area contributed by atoms with Gasteiger partial charge in [-0.2, -0.15) is 14.6 Å². The summed E-state index contributed by atoms with van der Waals surface area (Å²) in [6, 6.07) is 30.2. The fourth-order valence-electron chi connectivity index (χ4n) is 8.27. The van der Waals surface area contributed by atoms with E-state index in [1.54, 1.807) is 36.4 Å². The number of hydrogen-bond donors (Lipinski definition) is 9. The number of carbonyl (C=O) groups is 3. The molecule has 5 aromatic carbocycles. The standard InChI is InChI=1S/C25H30ClN7O6.C24H20Cl2N2O3.CO2/c26-14-3-6-17-16(11-14)19(30-25(29-17)31-24(27)28)13-1-4-15(5-2-13)32-7-9-33(10-8-32)23(39)22(38)21(37)20(36)18(35)12-34;1-28-12-20(19-10-17(25)11-22(26)21(19)13-28)14-5-7-18(8-6-14)27-23(29)15-3-2-4-16(9-15)24(30)31;2-1-3/h1-6,11,18,20-22,34-38H,7-10,12H2,(H4,27,28,29,30,31);2-11,20H,12-13H2,1H3,(H,27,29)(H,30,31);/t18-,20-,21+,22-;;/m0../s1. The predicted octanol–water partition coefficient (Wildman–Crippen LogP) is 3.88. The van der Waals surface area contributed by atoms with Gasteiger partial charge in [0.15, 0.2) is 12.1 Å². The summed E-state index contributed by atoms with van der Waals surface area (Å²) < 4.78 is 0. The molecule has 0 radical (unpaired) electrons. The zero-order valence-electron chi connectivity index (χ0n) is 38.8. The lowest BCUT2D eigenvalue weighted by molar-refractivity contribution is -0.191. The SMILES string of the molecule is CN1Cc2c(Cl)cc(Cl)cc2C(c2ccc(NC(=O)c3cccc(C(=O)O)c3)cc2)C1.NC(N)=Nc1nc(-c2ccc(N3CCN(C(=O)[C@@H](O)[C@H](O)[C@@H](O)[C@@H](O)CO)CC3)cc2)c2cc(Cl)ccc2n1.O=C=O. The number of nitrogens with two attached hydrogens (primary N) is 2. The van der Waals surface area contributed by atoms with Crippen molar-refractivity contribution in [1.29, 1.82) is 0 Å². The maximum atomic E-state index is 12.6. The van der Waals surface area contributed by atoms with Crippen LogP contribution in [0.1, 0.15) is 43.3 Å². The van der Waals surface area contributed by atoms with Crippen LogP contribution in [0, 0.1) is 0 Å². The van der Waals surface area contributed by atoms with E-state index in [1.807, 2.05) is 54.6 Å². The number of carbonyl (C=O) groups excluding carboxylic acids is 4. The highest BCUT2D eigenvalue weighted by atomic mass is 35.5. The van der Waals surface area contributed by atoms with Gasteiger partial charge in [-0.3, -0.25) is 9.59 Å². The van der Waals surface area contributed by atoms with Crippen molar-refractivity contribution in [3.8, 4) is 11.3 Å². The molecule has 20 nitrogen and oxygen atoms in total. The smallest absolute Gasteiger partial charge is 0.373 e. The Morgan fingerprint density at radius 1 is 0.822 bits per heavy atom. The summed E-state index contributed by atoms with van der Waals surface area (Å²) >= 11 is 18.9. The van der Waals surface area contributed by atoms with E-state index in [4.69, 9.17) is 66.1 Å². The highest BCUT2D eigenvalue weighted by Gasteiger charge is 2.37. The van der Waals surface area contributed by atoms with Crippen LogP contribution in [-0.2, 0) is 20.9 Å². The molecule has 0 aliphatic carbocycles. The molecular weight excluding hydrogens is 1010 g/mol. The highest BCUT2D eigenvalue weighted by Crippen LogP contribution is 2.39. The van der Waals surface area contributed by atoms with Crippen molar-refractivity contribution in [2.24, 2.45) is 16.5 Å². The number of benzene rings is 5. The summed E-state index contributed by atoms with van der Waals surface area (Å²) in [6.07, 6.45) is -7.18. The van der Waals surface area contributed by atoms with E-state index in [-0.39, 0.29) is 54.1 Å². The number of aliphatic hydroxyl groups is 5. The first kappa shape index (κ1) is 55.2. The number of halogens is 3. The van der Waals surface area contributed by atoms with Crippen LogP contribution in [0.15, 0.2) is 108 Å². The minimum absolute atomic E-state index is 0.0698. The lowest BCUT2D eigenvalue weighted by Crippen LogP contribution is -2.56. The number of aliphatic imine (C=N–C) groups is 1. The van der Waals surface area contributed by atoms with Crippen molar-refractivity contribution in [2.75, 3.05) is 56.6 Å². The molecule has 73 heavy (non-hydrogen) atoms. The second-order valence-electron chi connectivity index (χ2n) is 16.9. The van der Waals surface area contributed by atoms with Gasteiger partial charge in [0.05, 0.1) is 23.4 Å². The van der Waals surface area contributed by atoms with Crippen molar-refractivity contribution in [1.82, 2.24) is 19.8 Å². The molecule has 1 fully saturated rings. The number of aromatic carboxylic acids is 1. The number of nitrogens with zero attached hydrogens (tertiary/aromatic N) is 6. The fraction of sp³-hybridized carbons (Fsp3) is 0.260. The van der Waals surface area contributed by atoms with E-state index in [9.17, 15) is 34.8 Å². The van der Waals surface area contributed by atoms with Crippen molar-refractivity contribution in [2.45, 2.75) is 36.9 Å². The topological polar surface area (TPSA) is 319 Å². The summed E-state index contributed by atoms with van der Waals surface area (Å²) in [5.74, 6) is -2.14. The van der Waals surface area contributed by atoms with Crippen LogP contribution in [0.5, 0.6) is 0 Å². The number of guanidine groups is 1. The Kier molecular flexibility index (Phi) is 19.0. The van der Waals surface area contributed by atoms with E-state index in [2.05, 4.69) is 37.1 Å². The molecule has 2 amide bonds. The van der Waals surface area contributed by atoms with Crippen molar-refractivity contribution < 1.29 is 54.6 Å². The van der Waals surface area contributed by atoms with Gasteiger partial charge in [-0.05, 0) is 96.5 Å². The van der Waals surface area contributed by atoms with Crippen LogP contribution in [0.2, 0.25) is 15.1 Å². The van der Waals surface area contributed by atoms with Gasteiger partial charge in [0.2, 0.25) is 0 Å². The number of nitrogens with one attached hydrogen (secondary N) is 1. The first-order chi connectivity index (χ1) is 34.8. The number of carboxylic acid groups (broad SMARTS) is 1. The summed E-state index contributed by atoms with van der Waals surface area (Å²) in [5.41, 5.74) is 18.2. The van der Waals surface area contributed by atoms with E-state index in [0.29, 0.717) is 45.1 Å². The summed E-state index contributed by atoms with van der Waals surface area (Å²) in [4.78, 5) is 71.0. The molecule has 8 rings (SSSR count). The van der Waals surface area contributed by atoms with Gasteiger partial charge in [0, 0.05) is 88.1 Å². The number of hydrogen-bond acceptors (Lipinski definition) is 15. The van der Waals surface area contributed by atoms with Crippen LogP contribution in [0.25, 0.3) is 22.2 Å². The first-order valence-corrected chi connectivity index (χ1v) is 23.4. The second-order valence-corrected chi connectivity index (χ2v) is 18.1. The zero-order valence-corrected chi connectivity index (χ0v) is 41.1. The molecule has 2 aliphatic rings. The monoisotopic (exact) mass is 1060 g/mol. The van der Waals surface area contributed by atoms with Crippen LogP contribution in [0.4, 0.5) is 17.3 Å². The van der Waals surface area contributed by atoms with Gasteiger partial charge in [-0.15, -0.1) is 0 Å². The van der Waals surface area contributed by atoms with Gasteiger partial charge < -0.3 is 62.1 Å². The highest BCUT2D eigenvalue weighted by molar-refractivity contribution is 6.35. The largest absolute Gasteiger partial charge is 0.478 e. The van der Waals surface area contributed by atoms with Gasteiger partial charge in [0.1, 0.15) is 18.3 Å². The number of rotatable bonds is 12. The van der Waals surface area contributed by atoms with Crippen LogP contribution in [-0.4, -0.2) is 151 Å². The molecule has 23 heteroatoms. The zero-order chi connectivity index (χ0) is 53.1. The average molecular weight is 1060 g/mol. The number of piperazine rings is 1. The Hall–Kier alpha value is -7.07. The van der Waals surface area contributed by atoms with E-state index < -0.39 is 42.9 Å². The number of carboxylic acids is 1. The minimum Gasteiger partial charge on any atom is -0.478 e. The third-order valence-electron chi connectivity index (χ3n) is 11.9. The molecule has 1 saturated heterocycles. The third-order valence-corrected chi connectivity index (χ3v) is 12.7. The average Bonchev–Trinajstić information content (AvgIpc) is 3.38. The van der Waals surface area contributed by atoms with E-state index >= 15 is 0 Å². The number of likely N-dealkylation sites (N-methyl/N-ethyl adjacent to an activating group) is 1. The molecule has 2 aliphatic heterocycles. The summed E-state index contributed by atoms with van der Waals surface area (Å²) in [6.45, 7) is 2.21. The Morgan fingerprint density at radius 2 is 1.48 bits per heavy atom. The molecule has 382 valence electrons. The van der Waals surface area contributed by atoms with Gasteiger partial charge in [-0.25, -0.2) is 14.8 Å². The van der Waals surface area contributed by atoms with Crippen LogP contribution < -0.4 is 21.7 Å². The van der Waals surface area contributed by atoms with Gasteiger partial charge in [0.25, 0.3) is 17.8 Å². The second kappa shape index (κ2) is 25.0. The van der Waals surface area contributed by atoms with Crippen LogP contribution >= 0.6 is 34.8 Å². The molecule has 6 aromatic rings. The molecule has 1 unspecified atom stereocenters. The molecule has 11 N–H and O–H groups in total. The molecule has 0 saturated carbocycles. The Morgan fingerprint density at radius 3 is 2.11 bits per heavy atom. The molecular formula is C50H50Cl3N9O11. The maximum absolute atomic E-state index is 12.6. The molecule has 5 atom stereocenters. The van der Waals surface area contributed by atoms with Gasteiger partial charge >= 0.3 is 12.1 Å². The minimum atomic E-state index is -1.94. The number of aromatic nitrogens is 2. The number of anilines is 2. The molecule has 0 spiro atoms. The summed E-state index contributed by atoms with van der Waals surface area (Å²) in [5, 5.41) is 62.9. The third kappa shape index (κ3) is 13.9. The quantitative estimate of drug-likeness (QED) is 0.0620. The summed E-state index contributed by atoms with van der Waals surface area (Å²) in [7, 11) is 2.06. The molecule has 3 heterocycles. The number of amides is 2. The number of aliphatic hydroxyl groups excluding tert-OH is 5. The van der Waals surface area contributed by atoms with Crippen molar-refractivity contribution in [3.63, 3.8) is 0 Å². The van der Waals surface area contributed by atoms with Gasteiger partial charge in [-0.1, -0.05) is 65.1 Å². The van der Waals surface area contributed by atoms with Crippen molar-refractivity contribution >= 4 is 92.9 Å².